The van der Waals surface area contributed by atoms with Crippen LogP contribution in [0.1, 0.15) is 12.0 Å². The van der Waals surface area contributed by atoms with Crippen LogP contribution in [0.5, 0.6) is 5.75 Å². The number of hydrogen-bond acceptors (Lipinski definition) is 5. The molecule has 2 heterocycles. The summed E-state index contributed by atoms with van der Waals surface area (Å²) in [5, 5.41) is 0. The van der Waals surface area contributed by atoms with Crippen molar-refractivity contribution >= 4 is 23.7 Å². The first-order valence-corrected chi connectivity index (χ1v) is 9.88. The average Bonchev–Trinajstić information content (AvgIpc) is 3.41. The number of rotatable bonds is 7. The lowest BCUT2D eigenvalue weighted by Gasteiger charge is -2.22. The number of aliphatic imine (C=N–C) groups is 1. The molecule has 0 aromatic heterocycles. The molecule has 0 saturated carbocycles. The Morgan fingerprint density at radius 3 is 2.83 bits per heavy atom. The lowest BCUT2D eigenvalue weighted by Crippen LogP contribution is -2.29. The van der Waals surface area contributed by atoms with Crippen LogP contribution in [0, 0.1) is 0 Å². The van der Waals surface area contributed by atoms with Crippen molar-refractivity contribution in [1.29, 1.82) is 0 Å². The first-order valence-electron chi connectivity index (χ1n) is 9.88. The Morgan fingerprint density at radius 1 is 1.17 bits per heavy atom. The molecule has 2 aromatic rings. The number of ether oxygens (including phenoxy) is 2. The summed E-state index contributed by atoms with van der Waals surface area (Å²) in [6.45, 7) is 2.28. The van der Waals surface area contributed by atoms with Gasteiger partial charge in [0.1, 0.15) is 19.0 Å². The summed E-state index contributed by atoms with van der Waals surface area (Å²) < 4.78 is 10.9. The molecule has 0 atom stereocenters. The Labute approximate surface area is 171 Å². The van der Waals surface area contributed by atoms with E-state index in [1.807, 2.05) is 42.6 Å². The minimum Gasteiger partial charge on any atom is -0.490 e. The zero-order valence-corrected chi connectivity index (χ0v) is 16.6. The molecule has 6 heteroatoms. The van der Waals surface area contributed by atoms with Crippen LogP contribution in [0.15, 0.2) is 65.3 Å². The monoisotopic (exact) mass is 391 g/mol. The van der Waals surface area contributed by atoms with Crippen molar-refractivity contribution in [2.45, 2.75) is 12.8 Å². The van der Waals surface area contributed by atoms with Gasteiger partial charge in [0, 0.05) is 37.6 Å². The SMILES string of the molecule is CN(C(=O)OCCOc1ccccc1)c1ccc2c(c1)N(CC1=CCC=N1)CC2. The minimum absolute atomic E-state index is 0.196. The third-order valence-electron chi connectivity index (χ3n) is 5.11. The topological polar surface area (TPSA) is 54.4 Å². The molecule has 0 spiro atoms. The standard InChI is InChI=1S/C23H25N3O3/c1-25(23(27)29-15-14-28-21-7-3-2-4-8-21)20-10-9-18-11-13-26(22(18)16-20)17-19-6-5-12-24-19/h2-4,6-10,12,16H,5,11,13-15,17H2,1H3. The van der Waals surface area contributed by atoms with Gasteiger partial charge in [-0.1, -0.05) is 30.3 Å². The van der Waals surface area contributed by atoms with Gasteiger partial charge in [-0.3, -0.25) is 9.89 Å². The molecule has 1 amide bonds. The molecule has 0 bridgehead atoms. The summed E-state index contributed by atoms with van der Waals surface area (Å²) >= 11 is 0. The molecule has 0 radical (unpaired) electrons. The van der Waals surface area contributed by atoms with Crippen LogP contribution in [0.3, 0.4) is 0 Å². The number of anilines is 2. The largest absolute Gasteiger partial charge is 0.490 e. The van der Waals surface area contributed by atoms with Gasteiger partial charge in [-0.2, -0.15) is 0 Å². The fourth-order valence-corrected chi connectivity index (χ4v) is 3.53. The molecule has 150 valence electrons. The van der Waals surface area contributed by atoms with Gasteiger partial charge in [-0.25, -0.2) is 4.79 Å². The van der Waals surface area contributed by atoms with E-state index in [4.69, 9.17) is 9.47 Å². The molecular formula is C23H25N3O3. The van der Waals surface area contributed by atoms with E-state index < -0.39 is 6.09 Å². The number of nitrogens with zero attached hydrogens (tertiary/aromatic N) is 3. The first kappa shape index (κ1) is 19.1. The normalized spacial score (nSPS) is 14.5. The predicted molar refractivity (Wildman–Crippen MR) is 115 cm³/mol. The van der Waals surface area contributed by atoms with Crippen LogP contribution in [-0.4, -0.2) is 45.7 Å². The van der Waals surface area contributed by atoms with Gasteiger partial charge in [0.15, 0.2) is 0 Å². The van der Waals surface area contributed by atoms with Gasteiger partial charge in [-0.05, 0) is 36.2 Å². The van der Waals surface area contributed by atoms with E-state index in [2.05, 4.69) is 28.1 Å². The van der Waals surface area contributed by atoms with Gasteiger partial charge in [0.05, 0.1) is 12.2 Å². The molecule has 0 saturated heterocycles. The van der Waals surface area contributed by atoms with Crippen molar-refractivity contribution in [2.24, 2.45) is 4.99 Å². The zero-order chi connectivity index (χ0) is 20.1. The molecule has 0 unspecified atom stereocenters. The van der Waals surface area contributed by atoms with Crippen molar-refractivity contribution in [3.8, 4) is 5.75 Å². The van der Waals surface area contributed by atoms with Crippen molar-refractivity contribution in [2.75, 3.05) is 43.2 Å². The van der Waals surface area contributed by atoms with E-state index in [0.717, 1.165) is 48.8 Å². The lowest BCUT2D eigenvalue weighted by atomic mass is 10.1. The second-order valence-corrected chi connectivity index (χ2v) is 7.06. The predicted octanol–water partition coefficient (Wildman–Crippen LogP) is 4.06. The average molecular weight is 391 g/mol. The summed E-state index contributed by atoms with van der Waals surface area (Å²) in [5.41, 5.74) is 4.38. The molecule has 2 aromatic carbocycles. The number of carbonyl (C=O) groups excluding carboxylic acids is 1. The van der Waals surface area contributed by atoms with Crippen LogP contribution in [0.4, 0.5) is 16.2 Å². The summed E-state index contributed by atoms with van der Waals surface area (Å²) in [5.74, 6) is 0.761. The maximum Gasteiger partial charge on any atom is 0.414 e. The van der Waals surface area contributed by atoms with Gasteiger partial charge < -0.3 is 14.4 Å². The molecule has 0 N–H and O–H groups in total. The number of carbonyl (C=O) groups is 1. The Bertz CT molecular complexity index is 924. The van der Waals surface area contributed by atoms with E-state index in [1.165, 1.54) is 10.5 Å². The maximum absolute atomic E-state index is 12.4. The van der Waals surface area contributed by atoms with Crippen molar-refractivity contribution in [3.05, 3.63) is 65.9 Å². The number of amides is 1. The van der Waals surface area contributed by atoms with Crippen molar-refractivity contribution in [3.63, 3.8) is 0 Å². The molecular weight excluding hydrogens is 366 g/mol. The minimum atomic E-state index is -0.394. The third-order valence-corrected chi connectivity index (χ3v) is 5.11. The Hall–Kier alpha value is -3.28. The fraction of sp³-hybridized carbons (Fsp3) is 0.304. The van der Waals surface area contributed by atoms with E-state index in [-0.39, 0.29) is 6.61 Å². The van der Waals surface area contributed by atoms with E-state index >= 15 is 0 Å². The fourth-order valence-electron chi connectivity index (χ4n) is 3.53. The van der Waals surface area contributed by atoms with Gasteiger partial charge >= 0.3 is 6.09 Å². The highest BCUT2D eigenvalue weighted by Gasteiger charge is 2.22. The molecule has 0 aliphatic carbocycles. The highest BCUT2D eigenvalue weighted by molar-refractivity contribution is 5.88. The lowest BCUT2D eigenvalue weighted by molar-refractivity contribution is 0.132. The summed E-state index contributed by atoms with van der Waals surface area (Å²) in [4.78, 5) is 20.7. The molecule has 2 aliphatic rings. The Balaban J connectivity index is 1.33. The van der Waals surface area contributed by atoms with Crippen LogP contribution >= 0.6 is 0 Å². The zero-order valence-electron chi connectivity index (χ0n) is 16.6. The van der Waals surface area contributed by atoms with E-state index in [9.17, 15) is 4.79 Å². The number of benzene rings is 2. The quantitative estimate of drug-likeness (QED) is 0.668. The number of para-hydroxylation sites is 1. The summed E-state index contributed by atoms with van der Waals surface area (Å²) in [6.07, 6.45) is 5.63. The van der Waals surface area contributed by atoms with Gasteiger partial charge in [0.2, 0.25) is 0 Å². The molecule has 29 heavy (non-hydrogen) atoms. The van der Waals surface area contributed by atoms with Crippen molar-refractivity contribution < 1.29 is 14.3 Å². The molecule has 0 fully saturated rings. The first-order chi connectivity index (χ1) is 14.2. The summed E-state index contributed by atoms with van der Waals surface area (Å²) in [6, 6.07) is 15.6. The van der Waals surface area contributed by atoms with Gasteiger partial charge in [-0.15, -0.1) is 0 Å². The second kappa shape index (κ2) is 8.82. The van der Waals surface area contributed by atoms with E-state index in [0.29, 0.717) is 6.61 Å². The highest BCUT2D eigenvalue weighted by Crippen LogP contribution is 2.33. The van der Waals surface area contributed by atoms with Crippen LogP contribution in [0.2, 0.25) is 0 Å². The second-order valence-electron chi connectivity index (χ2n) is 7.06. The Kier molecular flexibility index (Phi) is 5.79. The van der Waals surface area contributed by atoms with Crippen molar-refractivity contribution in [1.82, 2.24) is 0 Å². The van der Waals surface area contributed by atoms with Crippen LogP contribution in [-0.2, 0) is 11.2 Å². The number of hydrogen-bond donors (Lipinski definition) is 0. The third kappa shape index (κ3) is 4.59. The van der Waals surface area contributed by atoms with Crippen LogP contribution < -0.4 is 14.5 Å². The highest BCUT2D eigenvalue weighted by atomic mass is 16.6. The van der Waals surface area contributed by atoms with E-state index in [1.54, 1.807) is 7.05 Å². The molecule has 6 nitrogen and oxygen atoms in total. The molecule has 2 aliphatic heterocycles. The number of allylic oxidation sites excluding steroid dienone is 1. The smallest absolute Gasteiger partial charge is 0.414 e. The van der Waals surface area contributed by atoms with Gasteiger partial charge in [0.25, 0.3) is 0 Å². The van der Waals surface area contributed by atoms with Crippen LogP contribution in [0.25, 0.3) is 0 Å². The number of fused-ring (bicyclic) bond motifs is 1. The summed E-state index contributed by atoms with van der Waals surface area (Å²) in [7, 11) is 1.73. The molecule has 4 rings (SSSR count). The maximum atomic E-state index is 12.4. The Morgan fingerprint density at radius 2 is 2.03 bits per heavy atom.